The lowest BCUT2D eigenvalue weighted by Crippen LogP contribution is -2.02. The van der Waals surface area contributed by atoms with Gasteiger partial charge in [-0.05, 0) is 69.6 Å². The van der Waals surface area contributed by atoms with Gasteiger partial charge in [-0.25, -0.2) is 0 Å². The maximum Gasteiger partial charge on any atom is 0.0412 e. The van der Waals surface area contributed by atoms with E-state index in [0.29, 0.717) is 0 Å². The van der Waals surface area contributed by atoms with Crippen molar-refractivity contribution in [1.29, 1.82) is 0 Å². The first kappa shape index (κ1) is 19.9. The predicted octanol–water partition coefficient (Wildman–Crippen LogP) is 9.97. The number of fused-ring (bicyclic) bond motifs is 8. The maximum atomic E-state index is 6.65. The van der Waals surface area contributed by atoms with Gasteiger partial charge in [0.05, 0.1) is 0 Å². The molecule has 0 N–H and O–H groups in total. The topological polar surface area (TPSA) is 0 Å². The minimum atomic E-state index is -1.73. The molecule has 34 heavy (non-hydrogen) atoms. The second-order valence-electron chi connectivity index (χ2n) is 8.67. The standard InChI is InChI=1S/C32H21ClS/c33-22-19-20-30-29(21-22)31-27-17-9-7-15-25(27)26-16-8-10-18-28(26)32(31)34(30,23-11-3-1-4-12-23)24-13-5-2-6-14-24/h1-21H. The van der Waals surface area contributed by atoms with Crippen molar-refractivity contribution in [3.63, 3.8) is 0 Å². The van der Waals surface area contributed by atoms with Crippen molar-refractivity contribution in [1.82, 2.24) is 0 Å². The van der Waals surface area contributed by atoms with Gasteiger partial charge in [0.1, 0.15) is 0 Å². The molecule has 1 aliphatic heterocycles. The molecule has 0 saturated carbocycles. The summed E-state index contributed by atoms with van der Waals surface area (Å²) in [5.74, 6) is 0. The van der Waals surface area contributed by atoms with Gasteiger partial charge >= 0.3 is 0 Å². The second-order valence-corrected chi connectivity index (χ2v) is 12.1. The smallest absolute Gasteiger partial charge is 0.0412 e. The van der Waals surface area contributed by atoms with E-state index in [4.69, 9.17) is 11.6 Å². The van der Waals surface area contributed by atoms with Gasteiger partial charge in [-0.15, -0.1) is 10.0 Å². The van der Waals surface area contributed by atoms with Crippen molar-refractivity contribution >= 4 is 43.2 Å². The Morgan fingerprint density at radius 2 is 0.971 bits per heavy atom. The van der Waals surface area contributed by atoms with E-state index >= 15 is 0 Å². The zero-order valence-corrected chi connectivity index (χ0v) is 20.0. The monoisotopic (exact) mass is 472 g/mol. The van der Waals surface area contributed by atoms with Crippen molar-refractivity contribution in [2.45, 2.75) is 19.6 Å². The Morgan fingerprint density at radius 1 is 0.471 bits per heavy atom. The van der Waals surface area contributed by atoms with E-state index in [2.05, 4.69) is 127 Å². The zero-order valence-electron chi connectivity index (χ0n) is 18.4. The summed E-state index contributed by atoms with van der Waals surface area (Å²) in [7, 11) is -1.73. The van der Waals surface area contributed by atoms with Gasteiger partial charge in [0, 0.05) is 30.2 Å². The Balaban J connectivity index is 1.82. The van der Waals surface area contributed by atoms with Gasteiger partial charge in [0.25, 0.3) is 0 Å². The predicted molar refractivity (Wildman–Crippen MR) is 145 cm³/mol. The number of hydrogen-bond acceptors (Lipinski definition) is 0. The van der Waals surface area contributed by atoms with E-state index in [9.17, 15) is 0 Å². The van der Waals surface area contributed by atoms with Crippen LogP contribution in [0.1, 0.15) is 0 Å². The lowest BCUT2D eigenvalue weighted by molar-refractivity contribution is 1.30. The second kappa shape index (κ2) is 7.50. The van der Waals surface area contributed by atoms with Crippen LogP contribution in [-0.4, -0.2) is 0 Å². The molecule has 0 spiro atoms. The van der Waals surface area contributed by atoms with Crippen LogP contribution < -0.4 is 0 Å². The fraction of sp³-hybridized carbons (Fsp3) is 0. The summed E-state index contributed by atoms with van der Waals surface area (Å²) >= 11 is 6.65. The van der Waals surface area contributed by atoms with E-state index < -0.39 is 10.0 Å². The normalized spacial score (nSPS) is 14.6. The summed E-state index contributed by atoms with van der Waals surface area (Å²) in [4.78, 5) is 5.50. The Labute approximate surface area is 205 Å². The molecule has 0 fully saturated rings. The molecule has 0 amide bonds. The highest BCUT2D eigenvalue weighted by Crippen LogP contribution is 2.81. The molecule has 1 heterocycles. The Bertz CT molecular complexity index is 1670. The van der Waals surface area contributed by atoms with Gasteiger partial charge in [-0.2, -0.15) is 0 Å². The van der Waals surface area contributed by atoms with Crippen LogP contribution in [0.5, 0.6) is 0 Å². The molecule has 2 heteroatoms. The van der Waals surface area contributed by atoms with Crippen LogP contribution in [0.3, 0.4) is 0 Å². The van der Waals surface area contributed by atoms with Crippen LogP contribution in [-0.2, 0) is 0 Å². The highest BCUT2D eigenvalue weighted by Gasteiger charge is 2.44. The van der Waals surface area contributed by atoms with E-state index in [1.807, 2.05) is 0 Å². The molecular formula is C32H21ClS. The third-order valence-corrected chi connectivity index (χ3v) is 11.2. The van der Waals surface area contributed by atoms with E-state index in [1.54, 1.807) is 0 Å². The van der Waals surface area contributed by atoms with E-state index in [0.717, 1.165) is 5.02 Å². The molecule has 6 aromatic rings. The van der Waals surface area contributed by atoms with Gasteiger partial charge in [-0.3, -0.25) is 0 Å². The number of benzene rings is 6. The highest BCUT2D eigenvalue weighted by atomic mass is 35.5. The average molecular weight is 473 g/mol. The molecule has 162 valence electrons. The number of rotatable bonds is 2. The van der Waals surface area contributed by atoms with Gasteiger partial charge in [0.2, 0.25) is 0 Å². The lowest BCUT2D eigenvalue weighted by Gasteiger charge is -2.40. The van der Waals surface area contributed by atoms with Gasteiger partial charge < -0.3 is 0 Å². The molecule has 0 atom stereocenters. The largest absolute Gasteiger partial charge is 0.131 e. The van der Waals surface area contributed by atoms with Crippen LogP contribution in [0.2, 0.25) is 5.02 Å². The molecule has 0 aliphatic carbocycles. The Kier molecular flexibility index (Phi) is 4.39. The van der Waals surface area contributed by atoms with Crippen molar-refractivity contribution in [3.8, 4) is 11.1 Å². The molecular weight excluding hydrogens is 452 g/mol. The molecule has 0 nitrogen and oxygen atoms in total. The first-order chi connectivity index (χ1) is 16.8. The summed E-state index contributed by atoms with van der Waals surface area (Å²) in [6.07, 6.45) is 0. The molecule has 0 radical (unpaired) electrons. The van der Waals surface area contributed by atoms with Crippen LogP contribution >= 0.6 is 21.6 Å². The SMILES string of the molecule is Clc1ccc2c(c1)-c1c(c3ccccc3c3ccccc13)S2(c1ccccc1)c1ccccc1. The third kappa shape index (κ3) is 2.57. The van der Waals surface area contributed by atoms with Crippen LogP contribution in [0.15, 0.2) is 147 Å². The van der Waals surface area contributed by atoms with Crippen LogP contribution in [0, 0.1) is 0 Å². The van der Waals surface area contributed by atoms with Crippen molar-refractivity contribution in [2.75, 3.05) is 0 Å². The highest BCUT2D eigenvalue weighted by molar-refractivity contribution is 8.34. The Morgan fingerprint density at radius 3 is 1.59 bits per heavy atom. The molecule has 0 unspecified atom stereocenters. The molecule has 1 aliphatic rings. The lowest BCUT2D eigenvalue weighted by atomic mass is 9.93. The Hall–Kier alpha value is -3.52. The summed E-state index contributed by atoms with van der Waals surface area (Å²) < 4.78 is 0. The minimum Gasteiger partial charge on any atom is -0.131 e. The van der Waals surface area contributed by atoms with Gasteiger partial charge in [0.15, 0.2) is 0 Å². The molecule has 0 aromatic heterocycles. The fourth-order valence-electron chi connectivity index (χ4n) is 5.64. The van der Waals surface area contributed by atoms with Gasteiger partial charge in [-0.1, -0.05) is 96.5 Å². The van der Waals surface area contributed by atoms with Crippen molar-refractivity contribution in [2.24, 2.45) is 0 Å². The van der Waals surface area contributed by atoms with Crippen molar-refractivity contribution < 1.29 is 0 Å². The van der Waals surface area contributed by atoms with E-state index in [1.165, 1.54) is 52.3 Å². The number of halogens is 1. The molecule has 7 rings (SSSR count). The first-order valence-corrected chi connectivity index (χ1v) is 13.5. The first-order valence-electron chi connectivity index (χ1n) is 11.5. The molecule has 6 aromatic carbocycles. The summed E-state index contributed by atoms with van der Waals surface area (Å²) in [5.41, 5.74) is 2.58. The number of hydrogen-bond donors (Lipinski definition) is 0. The van der Waals surface area contributed by atoms with E-state index in [-0.39, 0.29) is 0 Å². The third-order valence-electron chi connectivity index (χ3n) is 6.93. The van der Waals surface area contributed by atoms with Crippen molar-refractivity contribution in [3.05, 3.63) is 132 Å². The minimum absolute atomic E-state index is 0.776. The fourth-order valence-corrected chi connectivity index (χ4v) is 10.2. The summed E-state index contributed by atoms with van der Waals surface area (Å²) in [6, 6.07) is 46.4. The van der Waals surface area contributed by atoms with Crippen LogP contribution in [0.25, 0.3) is 32.7 Å². The molecule has 0 bridgehead atoms. The average Bonchev–Trinajstić information content (AvgIpc) is 3.21. The summed E-state index contributed by atoms with van der Waals surface area (Å²) in [5, 5.41) is 5.99. The molecule has 0 saturated heterocycles. The summed E-state index contributed by atoms with van der Waals surface area (Å²) in [6.45, 7) is 0. The quantitative estimate of drug-likeness (QED) is 0.219. The maximum absolute atomic E-state index is 6.65. The zero-order chi connectivity index (χ0) is 22.7. The van der Waals surface area contributed by atoms with Crippen LogP contribution in [0.4, 0.5) is 0 Å².